The maximum Gasteiger partial charge on any atom is 0.145 e. The number of rotatable bonds is 4. The molecule has 0 saturated heterocycles. The van der Waals surface area contributed by atoms with E-state index in [-0.39, 0.29) is 0 Å². The van der Waals surface area contributed by atoms with Crippen molar-refractivity contribution in [2.45, 2.75) is 38.0 Å². The molecule has 0 spiro atoms. The quantitative estimate of drug-likeness (QED) is 0.536. The predicted molar refractivity (Wildman–Crippen MR) is 95.5 cm³/mol. The summed E-state index contributed by atoms with van der Waals surface area (Å²) in [4.78, 5) is 13.2. The van der Waals surface area contributed by atoms with Crippen LogP contribution in [0.1, 0.15) is 49.5 Å². The van der Waals surface area contributed by atoms with E-state index in [0.717, 1.165) is 29.8 Å². The predicted octanol–water partition coefficient (Wildman–Crippen LogP) is 2.46. The van der Waals surface area contributed by atoms with Crippen molar-refractivity contribution in [2.75, 3.05) is 7.05 Å². The third-order valence-corrected chi connectivity index (χ3v) is 4.27. The van der Waals surface area contributed by atoms with Crippen LogP contribution in [-0.4, -0.2) is 41.3 Å². The van der Waals surface area contributed by atoms with Gasteiger partial charge in [-0.3, -0.25) is 10.1 Å². The number of fused-ring (bicyclic) bond motifs is 1. The highest BCUT2D eigenvalue weighted by molar-refractivity contribution is 6.36. The highest BCUT2D eigenvalue weighted by Gasteiger charge is 2.21. The van der Waals surface area contributed by atoms with Crippen molar-refractivity contribution in [1.29, 1.82) is 0 Å². The third kappa shape index (κ3) is 3.26. The summed E-state index contributed by atoms with van der Waals surface area (Å²) < 4.78 is 0. The van der Waals surface area contributed by atoms with E-state index in [4.69, 9.17) is 12.8 Å². The summed E-state index contributed by atoms with van der Waals surface area (Å²) in [5, 5.41) is 7.25. The number of aromatic amines is 1. The Balaban J connectivity index is 2.00. The molecule has 1 aliphatic rings. The van der Waals surface area contributed by atoms with Gasteiger partial charge in [-0.15, -0.1) is 0 Å². The SMILES string of the molecule is [B]c1nc(C2CCCCC2)nc2c(C(=C)/C=C\C=NC)n[nH]c12. The fourth-order valence-corrected chi connectivity index (χ4v) is 3.03. The standard InChI is InChI=1S/C17H20BN5/c1-11(7-6-10-19-2)13-14-15(23-22-13)16(18)21-17(20-14)12-8-4-3-5-9-12/h6-7,10,12H,1,3-5,8-9H2,2H3,(H,22,23)/b7-6-,19-10?. The Bertz CT molecular complexity index is 769. The Hall–Kier alpha value is -2.24. The Morgan fingerprint density at radius 2 is 2.09 bits per heavy atom. The number of H-pyrrole nitrogens is 1. The molecule has 0 atom stereocenters. The number of aliphatic imine (C=N–C) groups is 1. The Labute approximate surface area is 137 Å². The number of allylic oxidation sites excluding steroid dienone is 3. The van der Waals surface area contributed by atoms with Crippen LogP contribution < -0.4 is 5.59 Å². The monoisotopic (exact) mass is 305 g/mol. The van der Waals surface area contributed by atoms with E-state index in [0.29, 0.717) is 22.7 Å². The van der Waals surface area contributed by atoms with Gasteiger partial charge in [-0.2, -0.15) is 5.10 Å². The van der Waals surface area contributed by atoms with Gasteiger partial charge in [-0.25, -0.2) is 9.97 Å². The second-order valence-corrected chi connectivity index (χ2v) is 5.89. The topological polar surface area (TPSA) is 66.8 Å². The van der Waals surface area contributed by atoms with E-state index < -0.39 is 0 Å². The summed E-state index contributed by atoms with van der Waals surface area (Å²) in [5.74, 6) is 1.23. The van der Waals surface area contributed by atoms with E-state index in [1.54, 1.807) is 13.3 Å². The number of aromatic nitrogens is 4. The number of nitrogens with one attached hydrogen (secondary N) is 1. The van der Waals surface area contributed by atoms with Crippen molar-refractivity contribution in [3.63, 3.8) is 0 Å². The lowest BCUT2D eigenvalue weighted by molar-refractivity contribution is 0.430. The molecule has 1 N–H and O–H groups in total. The Morgan fingerprint density at radius 3 is 2.83 bits per heavy atom. The van der Waals surface area contributed by atoms with Gasteiger partial charge in [-0.05, 0) is 24.5 Å². The van der Waals surface area contributed by atoms with Gasteiger partial charge in [0.05, 0.1) is 5.52 Å². The van der Waals surface area contributed by atoms with Gasteiger partial charge in [-0.1, -0.05) is 31.9 Å². The van der Waals surface area contributed by atoms with Gasteiger partial charge in [0.1, 0.15) is 24.9 Å². The summed E-state index contributed by atoms with van der Waals surface area (Å²) in [6, 6.07) is 0. The van der Waals surface area contributed by atoms with Crippen LogP contribution in [-0.2, 0) is 0 Å². The van der Waals surface area contributed by atoms with Crippen molar-refractivity contribution >= 4 is 36.3 Å². The van der Waals surface area contributed by atoms with E-state index in [1.807, 2.05) is 12.2 Å². The van der Waals surface area contributed by atoms with E-state index in [1.165, 1.54) is 19.3 Å². The molecule has 2 aromatic rings. The normalized spacial score (nSPS) is 16.7. The molecule has 0 amide bonds. The van der Waals surface area contributed by atoms with Gasteiger partial charge in [0, 0.05) is 24.8 Å². The maximum absolute atomic E-state index is 6.11. The first-order valence-corrected chi connectivity index (χ1v) is 8.00. The molecule has 0 bridgehead atoms. The molecule has 23 heavy (non-hydrogen) atoms. The van der Waals surface area contributed by atoms with Crippen LogP contribution in [0.5, 0.6) is 0 Å². The Kier molecular flexibility index (Phi) is 4.69. The molecule has 2 radical (unpaired) electrons. The van der Waals surface area contributed by atoms with Crippen LogP contribution in [0, 0.1) is 0 Å². The molecule has 0 aromatic carbocycles. The molecular formula is C17H20BN5. The molecular weight excluding hydrogens is 285 g/mol. The van der Waals surface area contributed by atoms with Crippen molar-refractivity contribution in [3.8, 4) is 0 Å². The minimum Gasteiger partial charge on any atom is -0.297 e. The highest BCUT2D eigenvalue weighted by atomic mass is 15.1. The lowest BCUT2D eigenvalue weighted by Crippen LogP contribution is -2.18. The summed E-state index contributed by atoms with van der Waals surface area (Å²) in [5.41, 5.74) is 3.37. The molecule has 1 aliphatic carbocycles. The van der Waals surface area contributed by atoms with E-state index in [2.05, 4.69) is 26.8 Å². The summed E-state index contributed by atoms with van der Waals surface area (Å²) in [6.45, 7) is 4.06. The highest BCUT2D eigenvalue weighted by Crippen LogP contribution is 2.31. The van der Waals surface area contributed by atoms with Gasteiger partial charge in [0.2, 0.25) is 0 Å². The van der Waals surface area contributed by atoms with Gasteiger partial charge in [0.15, 0.2) is 0 Å². The summed E-state index contributed by atoms with van der Waals surface area (Å²) in [6.07, 6.45) is 11.4. The fourth-order valence-electron chi connectivity index (χ4n) is 3.03. The van der Waals surface area contributed by atoms with Crippen molar-refractivity contribution in [2.24, 2.45) is 4.99 Å². The molecule has 2 heterocycles. The summed E-state index contributed by atoms with van der Waals surface area (Å²) in [7, 11) is 7.83. The van der Waals surface area contributed by atoms with Crippen molar-refractivity contribution < 1.29 is 0 Å². The minimum atomic E-state index is 0.397. The molecule has 1 saturated carbocycles. The number of hydrogen-bond donors (Lipinski definition) is 1. The number of nitrogens with zero attached hydrogens (tertiary/aromatic N) is 4. The van der Waals surface area contributed by atoms with Gasteiger partial charge in [0.25, 0.3) is 0 Å². The zero-order valence-corrected chi connectivity index (χ0v) is 13.4. The first-order valence-electron chi connectivity index (χ1n) is 8.00. The van der Waals surface area contributed by atoms with Crippen LogP contribution in [0.3, 0.4) is 0 Å². The fraction of sp³-hybridized carbons (Fsp3) is 0.412. The smallest absolute Gasteiger partial charge is 0.145 e. The van der Waals surface area contributed by atoms with Gasteiger partial charge < -0.3 is 0 Å². The molecule has 2 aromatic heterocycles. The largest absolute Gasteiger partial charge is 0.297 e. The van der Waals surface area contributed by atoms with Crippen LogP contribution >= 0.6 is 0 Å². The van der Waals surface area contributed by atoms with E-state index in [9.17, 15) is 0 Å². The van der Waals surface area contributed by atoms with Crippen molar-refractivity contribution in [1.82, 2.24) is 20.2 Å². The summed E-state index contributed by atoms with van der Waals surface area (Å²) >= 11 is 0. The lowest BCUT2D eigenvalue weighted by Gasteiger charge is -2.20. The molecule has 5 nitrogen and oxygen atoms in total. The molecule has 0 unspecified atom stereocenters. The van der Waals surface area contributed by atoms with Crippen LogP contribution in [0.15, 0.2) is 23.7 Å². The molecule has 0 aliphatic heterocycles. The zero-order valence-electron chi connectivity index (χ0n) is 13.4. The molecule has 6 heteroatoms. The minimum absolute atomic E-state index is 0.397. The van der Waals surface area contributed by atoms with Crippen LogP contribution in [0.2, 0.25) is 0 Å². The number of hydrogen-bond acceptors (Lipinski definition) is 4. The van der Waals surface area contributed by atoms with Crippen LogP contribution in [0.4, 0.5) is 0 Å². The second kappa shape index (κ2) is 6.90. The molecule has 3 rings (SSSR count). The second-order valence-electron chi connectivity index (χ2n) is 5.89. The third-order valence-electron chi connectivity index (χ3n) is 4.27. The average molecular weight is 305 g/mol. The van der Waals surface area contributed by atoms with Gasteiger partial charge >= 0.3 is 0 Å². The maximum atomic E-state index is 6.11. The van der Waals surface area contributed by atoms with Crippen LogP contribution in [0.25, 0.3) is 16.6 Å². The van der Waals surface area contributed by atoms with Crippen molar-refractivity contribution in [3.05, 3.63) is 30.2 Å². The zero-order chi connectivity index (χ0) is 16.2. The Morgan fingerprint density at radius 1 is 1.30 bits per heavy atom. The molecule has 116 valence electrons. The first-order chi connectivity index (χ1) is 11.2. The van der Waals surface area contributed by atoms with E-state index >= 15 is 0 Å². The lowest BCUT2D eigenvalue weighted by atomic mass is 9.88. The molecule has 1 fully saturated rings. The first kappa shape index (κ1) is 15.7. The average Bonchev–Trinajstić information content (AvgIpc) is 3.00.